The lowest BCUT2D eigenvalue weighted by Crippen LogP contribution is -2.42. The predicted octanol–water partition coefficient (Wildman–Crippen LogP) is 4.60. The first-order valence-electron chi connectivity index (χ1n) is 9.71. The summed E-state index contributed by atoms with van der Waals surface area (Å²) >= 11 is 0. The quantitative estimate of drug-likeness (QED) is 0.795. The lowest BCUT2D eigenvalue weighted by atomic mass is 9.96. The Bertz CT molecular complexity index is 820. The maximum atomic E-state index is 12.5. The van der Waals surface area contributed by atoms with Gasteiger partial charge in [-0.05, 0) is 55.2 Å². The minimum Gasteiger partial charge on any atom is -0.495 e. The molecule has 0 spiro atoms. The molecule has 28 heavy (non-hydrogen) atoms. The summed E-state index contributed by atoms with van der Waals surface area (Å²) in [6.45, 7) is 3.77. The van der Waals surface area contributed by atoms with Crippen molar-refractivity contribution in [1.29, 1.82) is 0 Å². The molecule has 1 atom stereocenters. The highest BCUT2D eigenvalue weighted by atomic mass is 16.5. The van der Waals surface area contributed by atoms with Crippen molar-refractivity contribution in [3.8, 4) is 5.75 Å². The van der Waals surface area contributed by atoms with Gasteiger partial charge in [-0.3, -0.25) is 4.79 Å². The number of anilines is 2. The number of urea groups is 1. The molecular formula is C22H27N3O3. The number of ether oxygens (including phenoxy) is 1. The SMILES string of the molecule is CCC1CCCN(C(=O)Nc2ccc(C(=O)Nc3ccccc3OC)cc2)C1. The molecule has 0 bridgehead atoms. The average Bonchev–Trinajstić information content (AvgIpc) is 2.74. The van der Waals surface area contributed by atoms with Crippen molar-refractivity contribution in [3.05, 3.63) is 54.1 Å². The lowest BCUT2D eigenvalue weighted by molar-refractivity contribution is 0.102. The Morgan fingerprint density at radius 2 is 1.86 bits per heavy atom. The summed E-state index contributed by atoms with van der Waals surface area (Å²) in [5.41, 5.74) is 1.80. The Kier molecular flexibility index (Phi) is 6.53. The highest BCUT2D eigenvalue weighted by Gasteiger charge is 2.22. The van der Waals surface area contributed by atoms with Gasteiger partial charge in [0.05, 0.1) is 12.8 Å². The van der Waals surface area contributed by atoms with E-state index in [0.29, 0.717) is 28.6 Å². The fourth-order valence-electron chi connectivity index (χ4n) is 3.43. The number of hydrogen-bond acceptors (Lipinski definition) is 3. The third kappa shape index (κ3) is 4.82. The van der Waals surface area contributed by atoms with Gasteiger partial charge >= 0.3 is 6.03 Å². The first-order chi connectivity index (χ1) is 13.6. The number of para-hydroxylation sites is 2. The van der Waals surface area contributed by atoms with Crippen LogP contribution in [0.2, 0.25) is 0 Å². The Hall–Kier alpha value is -3.02. The summed E-state index contributed by atoms with van der Waals surface area (Å²) in [7, 11) is 1.56. The van der Waals surface area contributed by atoms with Crippen LogP contribution in [0.4, 0.5) is 16.2 Å². The second kappa shape index (κ2) is 9.26. The van der Waals surface area contributed by atoms with Crippen molar-refractivity contribution in [3.63, 3.8) is 0 Å². The molecule has 0 aliphatic carbocycles. The fraction of sp³-hybridized carbons (Fsp3) is 0.364. The highest BCUT2D eigenvalue weighted by molar-refractivity contribution is 6.05. The van der Waals surface area contributed by atoms with E-state index in [1.54, 1.807) is 43.5 Å². The molecular weight excluding hydrogens is 354 g/mol. The van der Waals surface area contributed by atoms with Crippen LogP contribution in [0.3, 0.4) is 0 Å². The van der Waals surface area contributed by atoms with Gasteiger partial charge in [0.1, 0.15) is 5.75 Å². The van der Waals surface area contributed by atoms with Gasteiger partial charge in [-0.15, -0.1) is 0 Å². The number of rotatable bonds is 5. The van der Waals surface area contributed by atoms with Gasteiger partial charge < -0.3 is 20.3 Å². The molecule has 1 aliphatic rings. The number of carbonyl (C=O) groups excluding carboxylic acids is 2. The minimum atomic E-state index is -0.232. The minimum absolute atomic E-state index is 0.0793. The first-order valence-corrected chi connectivity index (χ1v) is 9.71. The van der Waals surface area contributed by atoms with Crippen molar-refractivity contribution in [2.24, 2.45) is 5.92 Å². The maximum absolute atomic E-state index is 12.5. The number of nitrogens with zero attached hydrogens (tertiary/aromatic N) is 1. The van der Waals surface area contributed by atoms with Gasteiger partial charge in [-0.25, -0.2) is 4.79 Å². The van der Waals surface area contributed by atoms with Gasteiger partial charge in [-0.1, -0.05) is 25.5 Å². The smallest absolute Gasteiger partial charge is 0.321 e. The van der Waals surface area contributed by atoms with Gasteiger partial charge in [0.2, 0.25) is 0 Å². The molecule has 148 valence electrons. The van der Waals surface area contributed by atoms with Crippen LogP contribution in [0.1, 0.15) is 36.5 Å². The number of likely N-dealkylation sites (tertiary alicyclic amines) is 1. The number of methoxy groups -OCH3 is 1. The van der Waals surface area contributed by atoms with Crippen LogP contribution in [-0.4, -0.2) is 37.0 Å². The summed E-state index contributed by atoms with van der Waals surface area (Å²) in [4.78, 5) is 26.8. The third-order valence-corrected chi connectivity index (χ3v) is 5.14. The number of amides is 3. The van der Waals surface area contributed by atoms with Crippen LogP contribution in [-0.2, 0) is 0 Å². The second-order valence-electron chi connectivity index (χ2n) is 7.02. The Morgan fingerprint density at radius 3 is 2.57 bits per heavy atom. The van der Waals surface area contributed by atoms with Gasteiger partial charge in [0.15, 0.2) is 0 Å². The van der Waals surface area contributed by atoms with Crippen molar-refractivity contribution in [2.45, 2.75) is 26.2 Å². The lowest BCUT2D eigenvalue weighted by Gasteiger charge is -2.32. The van der Waals surface area contributed by atoms with E-state index in [2.05, 4.69) is 17.6 Å². The van der Waals surface area contributed by atoms with E-state index in [4.69, 9.17) is 4.74 Å². The van der Waals surface area contributed by atoms with Crippen molar-refractivity contribution in [2.75, 3.05) is 30.8 Å². The monoisotopic (exact) mass is 381 g/mol. The van der Waals surface area contributed by atoms with Crippen LogP contribution in [0.15, 0.2) is 48.5 Å². The van der Waals surface area contributed by atoms with Gasteiger partial charge in [0.25, 0.3) is 5.91 Å². The van der Waals surface area contributed by atoms with E-state index in [9.17, 15) is 9.59 Å². The fourth-order valence-corrected chi connectivity index (χ4v) is 3.43. The molecule has 1 aliphatic heterocycles. The largest absolute Gasteiger partial charge is 0.495 e. The molecule has 2 aromatic carbocycles. The molecule has 1 fully saturated rings. The topological polar surface area (TPSA) is 70.7 Å². The van der Waals surface area contributed by atoms with Crippen molar-refractivity contribution < 1.29 is 14.3 Å². The van der Waals surface area contributed by atoms with Gasteiger partial charge in [0, 0.05) is 24.3 Å². The van der Waals surface area contributed by atoms with Crippen LogP contribution in [0.5, 0.6) is 5.75 Å². The third-order valence-electron chi connectivity index (χ3n) is 5.14. The number of hydrogen-bond donors (Lipinski definition) is 2. The molecule has 2 N–H and O–H groups in total. The zero-order chi connectivity index (χ0) is 19.9. The van der Waals surface area contributed by atoms with Crippen LogP contribution < -0.4 is 15.4 Å². The van der Waals surface area contributed by atoms with Crippen molar-refractivity contribution in [1.82, 2.24) is 4.90 Å². The zero-order valence-corrected chi connectivity index (χ0v) is 16.4. The number of nitrogens with one attached hydrogen (secondary N) is 2. The van der Waals surface area contributed by atoms with Gasteiger partial charge in [-0.2, -0.15) is 0 Å². The number of benzene rings is 2. The highest BCUT2D eigenvalue weighted by Crippen LogP contribution is 2.24. The average molecular weight is 381 g/mol. The Balaban J connectivity index is 1.60. The number of piperidine rings is 1. The molecule has 1 heterocycles. The van der Waals surface area contributed by atoms with Crippen LogP contribution >= 0.6 is 0 Å². The zero-order valence-electron chi connectivity index (χ0n) is 16.4. The summed E-state index contributed by atoms with van der Waals surface area (Å²) < 4.78 is 5.25. The molecule has 3 rings (SSSR count). The van der Waals surface area contributed by atoms with Crippen LogP contribution in [0.25, 0.3) is 0 Å². The molecule has 0 aromatic heterocycles. The summed E-state index contributed by atoms with van der Waals surface area (Å²) in [6, 6.07) is 14.1. The molecule has 6 heteroatoms. The predicted molar refractivity (Wildman–Crippen MR) is 111 cm³/mol. The molecule has 2 aromatic rings. The van der Waals surface area contributed by atoms with E-state index in [1.165, 1.54) is 6.42 Å². The molecule has 6 nitrogen and oxygen atoms in total. The van der Waals surface area contributed by atoms with Crippen LogP contribution in [0, 0.1) is 5.92 Å². The standard InChI is InChI=1S/C22H27N3O3/c1-3-16-7-6-14-25(15-16)22(27)23-18-12-10-17(11-13-18)21(26)24-19-8-4-5-9-20(19)28-2/h4-5,8-13,16H,3,6-7,14-15H2,1-2H3,(H,23,27)(H,24,26). The summed E-state index contributed by atoms with van der Waals surface area (Å²) in [5.74, 6) is 0.955. The van der Waals surface area contributed by atoms with Crippen molar-refractivity contribution >= 4 is 23.3 Å². The second-order valence-corrected chi connectivity index (χ2v) is 7.02. The molecule has 0 saturated carbocycles. The molecule has 1 saturated heterocycles. The molecule has 3 amide bonds. The summed E-state index contributed by atoms with van der Waals surface area (Å²) in [5, 5.41) is 5.77. The maximum Gasteiger partial charge on any atom is 0.321 e. The first kappa shape index (κ1) is 19.7. The Morgan fingerprint density at radius 1 is 1.11 bits per heavy atom. The molecule has 1 unspecified atom stereocenters. The summed E-state index contributed by atoms with van der Waals surface area (Å²) in [6.07, 6.45) is 3.34. The van der Waals surface area contributed by atoms with E-state index in [0.717, 1.165) is 25.9 Å². The molecule has 0 radical (unpaired) electrons. The van der Waals surface area contributed by atoms with E-state index >= 15 is 0 Å². The van der Waals surface area contributed by atoms with E-state index in [1.807, 2.05) is 17.0 Å². The Labute approximate surface area is 165 Å². The normalized spacial score (nSPS) is 16.4. The van der Waals surface area contributed by atoms with E-state index in [-0.39, 0.29) is 11.9 Å². The van der Waals surface area contributed by atoms with E-state index < -0.39 is 0 Å². The number of carbonyl (C=O) groups is 2.